The van der Waals surface area contributed by atoms with Crippen LogP contribution in [0.4, 0.5) is 11.6 Å². The lowest BCUT2D eigenvalue weighted by atomic mass is 10.1. The van der Waals surface area contributed by atoms with Crippen LogP contribution in [0.2, 0.25) is 0 Å². The third-order valence-electron chi connectivity index (χ3n) is 3.93. The fourth-order valence-corrected chi connectivity index (χ4v) is 4.42. The molecule has 7 heteroatoms. The molecule has 1 aliphatic heterocycles. The molecule has 0 radical (unpaired) electrons. The van der Waals surface area contributed by atoms with Crippen molar-refractivity contribution in [2.75, 3.05) is 10.7 Å². The number of aromatic nitrogens is 2. The average Bonchev–Trinajstić information content (AvgIpc) is 2.78. The number of fused-ring (bicyclic) bond motifs is 2. The molecule has 6 nitrogen and oxygen atoms in total. The van der Waals surface area contributed by atoms with Crippen LogP contribution in [0.3, 0.4) is 0 Å². The highest BCUT2D eigenvalue weighted by molar-refractivity contribution is 7.85. The van der Waals surface area contributed by atoms with Crippen molar-refractivity contribution in [2.45, 2.75) is 44.6 Å². The Labute approximate surface area is 130 Å². The summed E-state index contributed by atoms with van der Waals surface area (Å²) >= 11 is 0. The predicted molar refractivity (Wildman–Crippen MR) is 85.2 cm³/mol. The Morgan fingerprint density at radius 3 is 2.36 bits per heavy atom. The SMILES string of the molecule is CC(C)c1c[n+]2c(n1N)N(C(C)C)c1ccccc1S2(=O)=O. The molecule has 0 atom stereocenters. The third-order valence-corrected chi connectivity index (χ3v) is 5.61. The van der Waals surface area contributed by atoms with Gasteiger partial charge in [-0.1, -0.05) is 26.0 Å². The van der Waals surface area contributed by atoms with E-state index in [0.29, 0.717) is 16.5 Å². The summed E-state index contributed by atoms with van der Waals surface area (Å²) in [5, 5.41) is 0. The van der Waals surface area contributed by atoms with Gasteiger partial charge in [-0.15, -0.1) is 8.65 Å². The van der Waals surface area contributed by atoms with E-state index in [-0.39, 0.29) is 12.0 Å². The molecule has 0 saturated carbocycles. The molecule has 0 saturated heterocycles. The topological polar surface area (TPSA) is 72.2 Å². The van der Waals surface area contributed by atoms with Gasteiger partial charge in [0.05, 0.1) is 6.04 Å². The predicted octanol–water partition coefficient (Wildman–Crippen LogP) is 1.71. The second-order valence-corrected chi connectivity index (χ2v) is 7.89. The highest BCUT2D eigenvalue weighted by Gasteiger charge is 2.44. The summed E-state index contributed by atoms with van der Waals surface area (Å²) in [6.07, 6.45) is 1.63. The summed E-state index contributed by atoms with van der Waals surface area (Å²) in [6, 6.07) is 7.10. The number of benzene rings is 1. The van der Waals surface area contributed by atoms with Gasteiger partial charge in [-0.25, -0.2) is 4.90 Å². The van der Waals surface area contributed by atoms with Crippen LogP contribution in [-0.2, 0) is 10.0 Å². The van der Waals surface area contributed by atoms with Gasteiger partial charge < -0.3 is 0 Å². The van der Waals surface area contributed by atoms with Crippen molar-refractivity contribution < 1.29 is 12.4 Å². The Morgan fingerprint density at radius 2 is 1.77 bits per heavy atom. The fourth-order valence-electron chi connectivity index (χ4n) is 2.89. The fraction of sp³-hybridized carbons (Fsp3) is 0.400. The minimum Gasteiger partial charge on any atom is -0.289 e. The molecule has 0 spiro atoms. The monoisotopic (exact) mass is 321 g/mol. The lowest BCUT2D eigenvalue weighted by Gasteiger charge is -2.27. The highest BCUT2D eigenvalue weighted by Crippen LogP contribution is 2.37. The minimum absolute atomic E-state index is 0.0695. The first-order valence-corrected chi connectivity index (χ1v) is 8.77. The van der Waals surface area contributed by atoms with Gasteiger partial charge in [-0.2, -0.15) is 8.42 Å². The van der Waals surface area contributed by atoms with Crippen molar-refractivity contribution in [1.82, 2.24) is 4.68 Å². The van der Waals surface area contributed by atoms with Crippen LogP contribution in [-0.4, -0.2) is 19.1 Å². The number of nitrogen functional groups attached to an aromatic ring is 1. The Morgan fingerprint density at radius 1 is 1.14 bits per heavy atom. The van der Waals surface area contributed by atoms with Crippen molar-refractivity contribution >= 4 is 21.7 Å². The van der Waals surface area contributed by atoms with Gasteiger partial charge in [-0.3, -0.25) is 5.84 Å². The number of hydrogen-bond acceptors (Lipinski definition) is 4. The van der Waals surface area contributed by atoms with Gasteiger partial charge in [0.15, 0.2) is 0 Å². The van der Waals surface area contributed by atoms with Gasteiger partial charge in [0.1, 0.15) is 22.5 Å². The number of hydrogen-bond donors (Lipinski definition) is 1. The maximum Gasteiger partial charge on any atom is 0.402 e. The summed E-state index contributed by atoms with van der Waals surface area (Å²) in [6.45, 7) is 8.01. The van der Waals surface area contributed by atoms with Crippen molar-refractivity contribution in [3.63, 3.8) is 0 Å². The molecular formula is C15H21N4O2S+. The van der Waals surface area contributed by atoms with Crippen LogP contribution in [0.1, 0.15) is 39.3 Å². The van der Waals surface area contributed by atoms with E-state index in [1.165, 1.54) is 8.65 Å². The van der Waals surface area contributed by atoms with Gasteiger partial charge in [0.25, 0.3) is 0 Å². The molecule has 1 aromatic heterocycles. The molecule has 1 aromatic carbocycles. The quantitative estimate of drug-likeness (QED) is 0.675. The van der Waals surface area contributed by atoms with Gasteiger partial charge in [0, 0.05) is 5.92 Å². The number of rotatable bonds is 2. The van der Waals surface area contributed by atoms with Crippen LogP contribution >= 0.6 is 0 Å². The molecular weight excluding hydrogens is 300 g/mol. The Kier molecular flexibility index (Phi) is 3.21. The Balaban J connectivity index is 2.41. The van der Waals surface area contributed by atoms with Crippen LogP contribution in [0.5, 0.6) is 0 Å². The number of imidazole rings is 1. The van der Waals surface area contributed by atoms with Crippen LogP contribution in [0.25, 0.3) is 0 Å². The largest absolute Gasteiger partial charge is 0.402 e. The summed E-state index contributed by atoms with van der Waals surface area (Å²) in [5.41, 5.74) is 1.44. The van der Waals surface area contributed by atoms with Crippen LogP contribution in [0, 0.1) is 0 Å². The Bertz CT molecular complexity index is 837. The number of nitrogens with two attached hydrogens (primary N) is 1. The number of para-hydroxylation sites is 1. The van der Waals surface area contributed by atoms with Crippen molar-refractivity contribution in [2.24, 2.45) is 0 Å². The van der Waals surface area contributed by atoms with E-state index < -0.39 is 10.0 Å². The summed E-state index contributed by atoms with van der Waals surface area (Å²) in [7, 11) is -3.63. The molecule has 118 valence electrons. The summed E-state index contributed by atoms with van der Waals surface area (Å²) < 4.78 is 28.6. The zero-order chi connectivity index (χ0) is 16.2. The summed E-state index contributed by atoms with van der Waals surface area (Å²) in [4.78, 5) is 2.27. The Hall–Kier alpha value is -2.02. The number of anilines is 2. The second kappa shape index (κ2) is 4.74. The van der Waals surface area contributed by atoms with E-state index in [0.717, 1.165) is 5.69 Å². The van der Waals surface area contributed by atoms with E-state index in [2.05, 4.69) is 0 Å². The summed E-state index contributed by atoms with van der Waals surface area (Å²) in [5.74, 6) is 6.81. The molecule has 2 heterocycles. The van der Waals surface area contributed by atoms with Crippen LogP contribution in [0.15, 0.2) is 35.4 Å². The molecule has 0 aliphatic carbocycles. The molecule has 0 amide bonds. The second-order valence-electron chi connectivity index (χ2n) is 6.11. The first-order chi connectivity index (χ1) is 10.3. The molecule has 0 bridgehead atoms. The molecule has 22 heavy (non-hydrogen) atoms. The molecule has 2 aromatic rings. The van der Waals surface area contributed by atoms with Gasteiger partial charge >= 0.3 is 16.0 Å². The van der Waals surface area contributed by atoms with Gasteiger partial charge in [-0.05, 0) is 26.0 Å². The maximum atomic E-state index is 12.9. The van der Waals surface area contributed by atoms with Crippen molar-refractivity contribution in [3.8, 4) is 0 Å². The molecule has 1 aliphatic rings. The smallest absolute Gasteiger partial charge is 0.289 e. The van der Waals surface area contributed by atoms with E-state index in [1.54, 1.807) is 18.3 Å². The highest BCUT2D eigenvalue weighted by atomic mass is 32.2. The van der Waals surface area contributed by atoms with E-state index in [9.17, 15) is 8.42 Å². The molecule has 0 fully saturated rings. The zero-order valence-corrected chi connectivity index (χ0v) is 14.0. The first-order valence-electron chi connectivity index (χ1n) is 7.33. The van der Waals surface area contributed by atoms with Gasteiger partial charge in [0.2, 0.25) is 0 Å². The van der Waals surface area contributed by atoms with Crippen molar-refractivity contribution in [3.05, 3.63) is 36.2 Å². The average molecular weight is 321 g/mol. The minimum atomic E-state index is -3.63. The molecule has 0 unspecified atom stereocenters. The lowest BCUT2D eigenvalue weighted by Crippen LogP contribution is -2.52. The molecule has 3 rings (SSSR count). The normalized spacial score (nSPS) is 16.0. The zero-order valence-electron chi connectivity index (χ0n) is 13.2. The van der Waals surface area contributed by atoms with E-state index >= 15 is 0 Å². The van der Waals surface area contributed by atoms with Crippen molar-refractivity contribution in [1.29, 1.82) is 0 Å². The lowest BCUT2D eigenvalue weighted by molar-refractivity contribution is -0.497. The first kappa shape index (κ1) is 14.9. The third kappa shape index (κ3) is 1.85. The van der Waals surface area contributed by atoms with E-state index in [4.69, 9.17) is 5.84 Å². The van der Waals surface area contributed by atoms with E-state index in [1.807, 2.05) is 44.7 Å². The number of nitrogens with zero attached hydrogens (tertiary/aromatic N) is 3. The molecule has 2 N–H and O–H groups in total. The standard InChI is InChI=1S/C15H21N4O2S/c1-10(2)13-9-17-15(19(13)16)18(11(3)4)12-7-5-6-8-14(12)22(17,20)21/h5-11H,16H2,1-4H3/q+1. The van der Waals surface area contributed by atoms with Crippen LogP contribution < -0.4 is 14.7 Å². The maximum absolute atomic E-state index is 12.9.